The van der Waals surface area contributed by atoms with Gasteiger partial charge in [-0.15, -0.1) is 0 Å². The molecule has 1 saturated heterocycles. The molecule has 0 amide bonds. The zero-order chi connectivity index (χ0) is 14.9. The van der Waals surface area contributed by atoms with Gasteiger partial charge in [0.05, 0.1) is 16.7 Å². The minimum atomic E-state index is -4.13. The third-order valence-corrected chi connectivity index (χ3v) is 5.56. The van der Waals surface area contributed by atoms with Crippen LogP contribution in [0.3, 0.4) is 0 Å². The molecule has 1 heterocycles. The molecule has 7 nitrogen and oxygen atoms in total. The summed E-state index contributed by atoms with van der Waals surface area (Å²) in [6.07, 6.45) is 0.651. The van der Waals surface area contributed by atoms with Gasteiger partial charge in [0.2, 0.25) is 10.0 Å². The number of nitro benzene ring substituents is 1. The first-order valence-corrected chi connectivity index (χ1v) is 8.28. The fraction of sp³-hybridized carbons (Fsp3) is 0.400. The summed E-state index contributed by atoms with van der Waals surface area (Å²) in [4.78, 5) is 8.99. The van der Waals surface area contributed by atoms with Crippen LogP contribution in [0.4, 0.5) is 15.8 Å². The van der Waals surface area contributed by atoms with Crippen LogP contribution in [-0.2, 0) is 10.0 Å². The van der Waals surface area contributed by atoms with Gasteiger partial charge in [-0.2, -0.15) is 11.8 Å². The number of nitrogens with two attached hydrogens (primary N) is 1. The van der Waals surface area contributed by atoms with Crippen molar-refractivity contribution in [2.24, 2.45) is 0 Å². The lowest BCUT2D eigenvalue weighted by Gasteiger charge is -2.13. The molecule has 0 saturated carbocycles. The Hall–Kier alpha value is -1.39. The van der Waals surface area contributed by atoms with Gasteiger partial charge in [-0.3, -0.25) is 10.1 Å². The smallest absolute Gasteiger partial charge is 0.274 e. The Kier molecular flexibility index (Phi) is 4.16. The SMILES string of the molecule is Nc1cc([N+](=O)[O-])cc(F)c1S(=O)(=O)NC1CCSC1. The molecule has 20 heavy (non-hydrogen) atoms. The second-order valence-electron chi connectivity index (χ2n) is 4.28. The van der Waals surface area contributed by atoms with Crippen molar-refractivity contribution in [1.82, 2.24) is 4.72 Å². The van der Waals surface area contributed by atoms with E-state index in [2.05, 4.69) is 4.72 Å². The minimum Gasteiger partial charge on any atom is -0.397 e. The van der Waals surface area contributed by atoms with Crippen LogP contribution >= 0.6 is 11.8 Å². The molecular formula is C10H12FN3O4S2. The van der Waals surface area contributed by atoms with Crippen LogP contribution in [0.2, 0.25) is 0 Å². The summed E-state index contributed by atoms with van der Waals surface area (Å²) < 4.78 is 40.4. The van der Waals surface area contributed by atoms with Crippen molar-refractivity contribution in [3.05, 3.63) is 28.1 Å². The zero-order valence-electron chi connectivity index (χ0n) is 10.2. The molecule has 1 aromatic rings. The molecule has 1 fully saturated rings. The Morgan fingerprint density at radius 2 is 2.20 bits per heavy atom. The van der Waals surface area contributed by atoms with E-state index < -0.39 is 37.0 Å². The predicted octanol–water partition coefficient (Wildman–Crippen LogP) is 1.10. The highest BCUT2D eigenvalue weighted by molar-refractivity contribution is 7.99. The highest BCUT2D eigenvalue weighted by Crippen LogP contribution is 2.28. The second kappa shape index (κ2) is 5.54. The van der Waals surface area contributed by atoms with Crippen LogP contribution in [0.5, 0.6) is 0 Å². The van der Waals surface area contributed by atoms with E-state index in [-0.39, 0.29) is 6.04 Å². The van der Waals surface area contributed by atoms with Gasteiger partial charge in [0.1, 0.15) is 4.90 Å². The number of thioether (sulfide) groups is 1. The highest BCUT2D eigenvalue weighted by atomic mass is 32.2. The summed E-state index contributed by atoms with van der Waals surface area (Å²) in [5.74, 6) is 0.203. The molecule has 0 spiro atoms. The second-order valence-corrected chi connectivity index (χ2v) is 7.09. The standard InChI is InChI=1S/C10H12FN3O4S2/c11-8-3-7(14(15)16)4-9(12)10(8)20(17,18)13-6-1-2-19-5-6/h3-4,6,13H,1-2,5,12H2. The first kappa shape index (κ1) is 15.0. The van der Waals surface area contributed by atoms with Gasteiger partial charge in [0.15, 0.2) is 5.82 Å². The normalized spacial score (nSPS) is 19.1. The van der Waals surface area contributed by atoms with Crippen LogP contribution in [0.15, 0.2) is 17.0 Å². The van der Waals surface area contributed by atoms with Crippen molar-refractivity contribution < 1.29 is 17.7 Å². The van der Waals surface area contributed by atoms with Crippen molar-refractivity contribution in [2.75, 3.05) is 17.2 Å². The van der Waals surface area contributed by atoms with Crippen molar-refractivity contribution in [1.29, 1.82) is 0 Å². The summed E-state index contributed by atoms with van der Waals surface area (Å²) >= 11 is 1.59. The Labute approximate surface area is 118 Å². The van der Waals surface area contributed by atoms with Gasteiger partial charge in [0, 0.05) is 17.9 Å². The molecule has 0 bridgehead atoms. The average Bonchev–Trinajstić information content (AvgIpc) is 2.79. The van der Waals surface area contributed by atoms with Crippen LogP contribution in [0.1, 0.15) is 6.42 Å². The first-order valence-electron chi connectivity index (χ1n) is 5.65. The van der Waals surface area contributed by atoms with Crippen molar-refractivity contribution in [3.63, 3.8) is 0 Å². The van der Waals surface area contributed by atoms with Crippen LogP contribution < -0.4 is 10.5 Å². The number of anilines is 1. The number of halogens is 1. The number of hydrogen-bond acceptors (Lipinski definition) is 6. The molecule has 1 aliphatic rings. The topological polar surface area (TPSA) is 115 Å². The lowest BCUT2D eigenvalue weighted by molar-refractivity contribution is -0.385. The van der Waals surface area contributed by atoms with E-state index >= 15 is 0 Å². The molecule has 0 aliphatic carbocycles. The summed E-state index contributed by atoms with van der Waals surface area (Å²) in [6.45, 7) is 0. The van der Waals surface area contributed by atoms with E-state index in [1.165, 1.54) is 0 Å². The Bertz CT molecular complexity index is 621. The monoisotopic (exact) mass is 321 g/mol. The van der Waals surface area contributed by atoms with E-state index in [0.29, 0.717) is 18.2 Å². The zero-order valence-corrected chi connectivity index (χ0v) is 11.8. The Balaban J connectivity index is 2.38. The number of benzene rings is 1. The van der Waals surface area contributed by atoms with Gasteiger partial charge >= 0.3 is 0 Å². The van der Waals surface area contributed by atoms with Crippen molar-refractivity contribution in [2.45, 2.75) is 17.4 Å². The summed E-state index contributed by atoms with van der Waals surface area (Å²) in [6, 6.07) is 1.11. The largest absolute Gasteiger partial charge is 0.397 e. The molecule has 0 radical (unpaired) electrons. The van der Waals surface area contributed by atoms with E-state index in [9.17, 15) is 22.9 Å². The lowest BCUT2D eigenvalue weighted by Crippen LogP contribution is -2.35. The van der Waals surface area contributed by atoms with Crippen molar-refractivity contribution in [3.8, 4) is 0 Å². The fourth-order valence-corrected chi connectivity index (χ4v) is 4.60. The summed E-state index contributed by atoms with van der Waals surface area (Å²) in [7, 11) is -4.13. The molecule has 1 aliphatic heterocycles. The molecule has 0 aromatic heterocycles. The molecule has 2 rings (SSSR count). The third kappa shape index (κ3) is 3.02. The molecule has 3 N–H and O–H groups in total. The first-order chi connectivity index (χ1) is 9.31. The number of non-ortho nitro benzene ring substituents is 1. The molecule has 1 aromatic carbocycles. The Morgan fingerprint density at radius 1 is 1.50 bits per heavy atom. The number of nitrogens with zero attached hydrogens (tertiary/aromatic N) is 1. The lowest BCUT2D eigenvalue weighted by atomic mass is 10.3. The number of hydrogen-bond donors (Lipinski definition) is 2. The quantitative estimate of drug-likeness (QED) is 0.487. The third-order valence-electron chi connectivity index (χ3n) is 2.79. The predicted molar refractivity (Wildman–Crippen MR) is 73.5 cm³/mol. The molecule has 1 unspecified atom stereocenters. The molecule has 10 heteroatoms. The highest BCUT2D eigenvalue weighted by Gasteiger charge is 2.29. The van der Waals surface area contributed by atoms with Gasteiger partial charge in [-0.05, 0) is 12.2 Å². The number of nitro groups is 1. The maximum Gasteiger partial charge on any atom is 0.274 e. The van der Waals surface area contributed by atoms with Crippen LogP contribution in [0, 0.1) is 15.9 Å². The van der Waals surface area contributed by atoms with Crippen LogP contribution in [-0.4, -0.2) is 30.9 Å². The number of nitrogens with one attached hydrogen (secondary N) is 1. The van der Waals surface area contributed by atoms with Gasteiger partial charge in [-0.1, -0.05) is 0 Å². The molecule has 110 valence electrons. The fourth-order valence-electron chi connectivity index (χ4n) is 1.89. The number of nitrogen functional groups attached to an aromatic ring is 1. The van der Waals surface area contributed by atoms with Crippen LogP contribution in [0.25, 0.3) is 0 Å². The van der Waals surface area contributed by atoms with Gasteiger partial charge < -0.3 is 5.73 Å². The van der Waals surface area contributed by atoms with E-state index in [1.807, 2.05) is 0 Å². The summed E-state index contributed by atoms with van der Waals surface area (Å²) in [5, 5.41) is 10.6. The van der Waals surface area contributed by atoms with E-state index in [1.54, 1.807) is 11.8 Å². The maximum atomic E-state index is 13.8. The number of rotatable bonds is 4. The molecule has 1 atom stereocenters. The minimum absolute atomic E-state index is 0.279. The maximum absolute atomic E-state index is 13.8. The molecular weight excluding hydrogens is 309 g/mol. The average molecular weight is 321 g/mol. The van der Waals surface area contributed by atoms with E-state index in [4.69, 9.17) is 5.73 Å². The number of sulfonamides is 1. The van der Waals surface area contributed by atoms with E-state index in [0.717, 1.165) is 11.8 Å². The van der Waals surface area contributed by atoms with Gasteiger partial charge in [0.25, 0.3) is 5.69 Å². The van der Waals surface area contributed by atoms with Crippen molar-refractivity contribution >= 4 is 33.2 Å². The summed E-state index contributed by atoms with van der Waals surface area (Å²) in [5.41, 5.74) is 4.39. The Morgan fingerprint density at radius 3 is 2.70 bits per heavy atom. The van der Waals surface area contributed by atoms with Gasteiger partial charge in [-0.25, -0.2) is 17.5 Å².